The van der Waals surface area contributed by atoms with Gasteiger partial charge in [-0.1, -0.05) is 78.9 Å². The van der Waals surface area contributed by atoms with E-state index in [1.807, 2.05) is 48.5 Å². The van der Waals surface area contributed by atoms with Gasteiger partial charge in [0, 0.05) is 11.3 Å². The number of benzene rings is 4. The molecule has 1 heterocycles. The molecule has 3 amide bonds. The van der Waals surface area contributed by atoms with Gasteiger partial charge in [0.15, 0.2) is 12.4 Å². The summed E-state index contributed by atoms with van der Waals surface area (Å²) < 4.78 is 5.13. The number of hydrogen-bond donors (Lipinski definition) is 1. The minimum absolute atomic E-state index is 0.178. The summed E-state index contributed by atoms with van der Waals surface area (Å²) in [6.45, 7) is -0.951. The molecule has 4 aromatic rings. The maximum atomic E-state index is 13.9. The van der Waals surface area contributed by atoms with Gasteiger partial charge in [0.05, 0.1) is 17.4 Å². The molecule has 1 fully saturated rings. The second kappa shape index (κ2) is 10.7. The van der Waals surface area contributed by atoms with E-state index in [1.54, 1.807) is 30.3 Å². The van der Waals surface area contributed by atoms with Crippen molar-refractivity contribution in [1.29, 1.82) is 0 Å². The second-order valence-electron chi connectivity index (χ2n) is 11.2. The van der Waals surface area contributed by atoms with Crippen LogP contribution in [-0.4, -0.2) is 47.5 Å². The first-order chi connectivity index (χ1) is 21.7. The lowest BCUT2D eigenvalue weighted by Gasteiger charge is -2.54. The van der Waals surface area contributed by atoms with E-state index in [9.17, 15) is 24.0 Å². The number of carbonyl (C=O) groups is 5. The molecule has 4 aromatic carbocycles. The van der Waals surface area contributed by atoms with Crippen molar-refractivity contribution in [2.45, 2.75) is 9.75 Å². The standard InChI is InChI=1S/C35H24Cl2N2O6/c36-34-23-10-4-5-11-24(23)35(37,26-13-7-6-12-25(26)34)30-29(34)31(42)39(32(30)43)18-28(41)38-22-16-14-21(15-17-22)33(44)45-19-27(40)20-8-2-1-3-9-20/h1-17,29-30H,18-19H2,(H,38,41)/t29-,30-,34?,35?/m1/s1. The number of rotatable bonds is 7. The molecule has 0 spiro atoms. The molecule has 1 saturated heterocycles. The van der Waals surface area contributed by atoms with Crippen molar-refractivity contribution in [3.63, 3.8) is 0 Å². The number of carbonyl (C=O) groups excluding carboxylic acids is 5. The van der Waals surface area contributed by atoms with Crippen molar-refractivity contribution in [2.75, 3.05) is 18.5 Å². The molecule has 1 N–H and O–H groups in total. The van der Waals surface area contributed by atoms with Crippen LogP contribution in [-0.2, 0) is 28.9 Å². The molecule has 2 atom stereocenters. The number of anilines is 1. The van der Waals surface area contributed by atoms with E-state index < -0.39 is 58.4 Å². The van der Waals surface area contributed by atoms with Crippen LogP contribution in [0.2, 0.25) is 0 Å². The number of ether oxygens (including phenoxy) is 1. The number of hydrogen-bond acceptors (Lipinski definition) is 6. The Morgan fingerprint density at radius 2 is 1.13 bits per heavy atom. The molecule has 0 saturated carbocycles. The van der Waals surface area contributed by atoms with Crippen LogP contribution >= 0.6 is 23.2 Å². The summed E-state index contributed by atoms with van der Waals surface area (Å²) in [6, 6.07) is 28.9. The van der Waals surface area contributed by atoms with Gasteiger partial charge in [-0.2, -0.15) is 0 Å². The number of amides is 3. The van der Waals surface area contributed by atoms with E-state index in [1.165, 1.54) is 24.3 Å². The molecule has 224 valence electrons. The quantitative estimate of drug-likeness (QED) is 0.128. The Morgan fingerprint density at radius 1 is 0.667 bits per heavy atom. The van der Waals surface area contributed by atoms with Crippen LogP contribution < -0.4 is 5.32 Å². The number of alkyl halides is 2. The Labute approximate surface area is 267 Å². The van der Waals surface area contributed by atoms with Crippen LogP contribution in [0.25, 0.3) is 0 Å². The van der Waals surface area contributed by atoms with E-state index in [-0.39, 0.29) is 11.3 Å². The lowest BCUT2D eigenvalue weighted by molar-refractivity contribution is -0.142. The van der Waals surface area contributed by atoms with E-state index in [0.29, 0.717) is 33.5 Å². The first-order valence-electron chi connectivity index (χ1n) is 14.2. The van der Waals surface area contributed by atoms with Gasteiger partial charge < -0.3 is 10.1 Å². The molecule has 0 radical (unpaired) electrons. The number of likely N-dealkylation sites (tertiary alicyclic amines) is 1. The predicted octanol–water partition coefficient (Wildman–Crippen LogP) is 5.26. The van der Waals surface area contributed by atoms with Crippen LogP contribution in [0, 0.1) is 11.8 Å². The lowest BCUT2D eigenvalue weighted by atomic mass is 9.54. The molecular weight excluding hydrogens is 615 g/mol. The first kappa shape index (κ1) is 29.0. The average Bonchev–Trinajstić information content (AvgIpc) is 3.32. The number of Topliss-reactive ketones (excluding diaryl/α,β-unsaturated/α-hetero) is 1. The summed E-state index contributed by atoms with van der Waals surface area (Å²) >= 11 is 14.8. The molecule has 10 heteroatoms. The second-order valence-corrected chi connectivity index (χ2v) is 12.4. The molecule has 0 aromatic heterocycles. The Balaban J connectivity index is 1.06. The molecule has 0 unspecified atom stereocenters. The zero-order valence-corrected chi connectivity index (χ0v) is 25.0. The van der Waals surface area contributed by atoms with Crippen molar-refractivity contribution >= 4 is 58.4 Å². The number of nitrogens with one attached hydrogen (secondary N) is 1. The zero-order chi connectivity index (χ0) is 31.5. The molecule has 3 aliphatic carbocycles. The minimum atomic E-state index is -1.33. The maximum Gasteiger partial charge on any atom is 0.338 e. The fourth-order valence-corrected chi connectivity index (χ4v) is 7.93. The average molecular weight is 639 g/mol. The fraction of sp³-hybridized carbons (Fsp3) is 0.171. The highest BCUT2D eigenvalue weighted by molar-refractivity contribution is 6.36. The van der Waals surface area contributed by atoms with Gasteiger partial charge in [0.25, 0.3) is 0 Å². The maximum absolute atomic E-state index is 13.9. The van der Waals surface area contributed by atoms with Crippen molar-refractivity contribution in [3.05, 3.63) is 137 Å². The number of halogens is 2. The Morgan fingerprint density at radius 3 is 1.62 bits per heavy atom. The number of esters is 1. The monoisotopic (exact) mass is 638 g/mol. The highest BCUT2D eigenvalue weighted by Gasteiger charge is 2.73. The van der Waals surface area contributed by atoms with Crippen LogP contribution in [0.5, 0.6) is 0 Å². The van der Waals surface area contributed by atoms with Gasteiger partial charge in [-0.15, -0.1) is 23.2 Å². The van der Waals surface area contributed by atoms with Crippen molar-refractivity contribution in [2.24, 2.45) is 11.8 Å². The normalized spacial score (nSPS) is 24.0. The first-order valence-corrected chi connectivity index (χ1v) is 15.0. The van der Waals surface area contributed by atoms with Gasteiger partial charge in [0.1, 0.15) is 16.3 Å². The highest BCUT2D eigenvalue weighted by atomic mass is 35.5. The highest BCUT2D eigenvalue weighted by Crippen LogP contribution is 2.69. The van der Waals surface area contributed by atoms with Crippen molar-refractivity contribution in [1.82, 2.24) is 4.90 Å². The van der Waals surface area contributed by atoms with Crippen molar-refractivity contribution < 1.29 is 28.7 Å². The summed E-state index contributed by atoms with van der Waals surface area (Å²) in [7, 11) is 0. The molecule has 2 bridgehead atoms. The van der Waals surface area contributed by atoms with E-state index in [0.717, 1.165) is 4.90 Å². The SMILES string of the molecule is O=C(CN1C(=O)[C@H]2[C@H](C1=O)C1(Cl)c3ccccc3C2(Cl)c2ccccc21)Nc1ccc(C(=O)OCC(=O)c2ccccc2)cc1. The Kier molecular flexibility index (Phi) is 6.87. The van der Waals surface area contributed by atoms with Crippen LogP contribution in [0.3, 0.4) is 0 Å². The number of imide groups is 1. The summed E-state index contributed by atoms with van der Waals surface area (Å²) in [6.07, 6.45) is 0. The largest absolute Gasteiger partial charge is 0.454 e. The number of ketones is 1. The van der Waals surface area contributed by atoms with Gasteiger partial charge >= 0.3 is 5.97 Å². The molecule has 45 heavy (non-hydrogen) atoms. The molecule has 8 nitrogen and oxygen atoms in total. The molecule has 4 aliphatic rings. The lowest BCUT2D eigenvalue weighted by Crippen LogP contribution is -2.57. The van der Waals surface area contributed by atoms with Crippen LogP contribution in [0.4, 0.5) is 5.69 Å². The zero-order valence-electron chi connectivity index (χ0n) is 23.5. The third kappa shape index (κ3) is 4.31. The van der Waals surface area contributed by atoms with Gasteiger partial charge in [-0.3, -0.25) is 24.1 Å². The topological polar surface area (TPSA) is 110 Å². The fourth-order valence-electron chi connectivity index (χ4n) is 6.84. The van der Waals surface area contributed by atoms with Gasteiger partial charge in [-0.25, -0.2) is 4.79 Å². The van der Waals surface area contributed by atoms with Crippen molar-refractivity contribution in [3.8, 4) is 0 Å². The van der Waals surface area contributed by atoms with E-state index in [2.05, 4.69) is 5.32 Å². The summed E-state index contributed by atoms with van der Waals surface area (Å²) in [5.41, 5.74) is 3.65. The van der Waals surface area contributed by atoms with Crippen LogP contribution in [0.1, 0.15) is 43.0 Å². The third-order valence-electron chi connectivity index (χ3n) is 8.81. The van der Waals surface area contributed by atoms with Gasteiger partial charge in [-0.05, 0) is 46.5 Å². The van der Waals surface area contributed by atoms with Crippen LogP contribution in [0.15, 0.2) is 103 Å². The smallest absolute Gasteiger partial charge is 0.338 e. The predicted molar refractivity (Wildman–Crippen MR) is 166 cm³/mol. The third-order valence-corrected chi connectivity index (χ3v) is 10.1. The summed E-state index contributed by atoms with van der Waals surface area (Å²) in [4.78, 5) is 63.9. The Hall–Kier alpha value is -4.79. The van der Waals surface area contributed by atoms with E-state index in [4.69, 9.17) is 27.9 Å². The van der Waals surface area contributed by atoms with Gasteiger partial charge in [0.2, 0.25) is 17.7 Å². The summed E-state index contributed by atoms with van der Waals surface area (Å²) in [5, 5.41) is 2.66. The Bertz CT molecular complexity index is 1790. The molecule has 8 rings (SSSR count). The molecule has 1 aliphatic heterocycles. The van der Waals surface area contributed by atoms with E-state index >= 15 is 0 Å². The number of nitrogens with zero attached hydrogens (tertiary/aromatic N) is 1. The molecular formula is C35H24Cl2N2O6. The minimum Gasteiger partial charge on any atom is -0.454 e. The summed E-state index contributed by atoms with van der Waals surface area (Å²) in [5.74, 6) is -4.77.